The van der Waals surface area contributed by atoms with Crippen LogP contribution >= 0.6 is 0 Å². The van der Waals surface area contributed by atoms with Crippen LogP contribution in [0.4, 0.5) is 0 Å². The third-order valence-corrected chi connectivity index (χ3v) is 2.84. The van der Waals surface area contributed by atoms with E-state index < -0.39 is 0 Å². The van der Waals surface area contributed by atoms with Crippen molar-refractivity contribution in [2.24, 2.45) is 0 Å². The summed E-state index contributed by atoms with van der Waals surface area (Å²) in [7, 11) is 2.14. The standard InChI is InChI=1S/C10H22N2O/c1-9(2)11-10(8-13)4-6-12(3)7-5-10/h9,11,13H,4-8H2,1-3H3. The molecule has 0 aromatic heterocycles. The number of nitrogens with one attached hydrogen (secondary N) is 1. The molecule has 0 unspecified atom stereocenters. The van der Waals surface area contributed by atoms with Crippen LogP contribution in [0.3, 0.4) is 0 Å². The van der Waals surface area contributed by atoms with E-state index in [1.807, 2.05) is 0 Å². The molecule has 2 N–H and O–H groups in total. The molecular weight excluding hydrogens is 164 g/mol. The van der Waals surface area contributed by atoms with E-state index in [4.69, 9.17) is 0 Å². The maximum atomic E-state index is 9.40. The van der Waals surface area contributed by atoms with Gasteiger partial charge in [-0.05, 0) is 33.0 Å². The fourth-order valence-electron chi connectivity index (χ4n) is 2.01. The van der Waals surface area contributed by atoms with Crippen molar-refractivity contribution in [1.82, 2.24) is 10.2 Å². The van der Waals surface area contributed by atoms with Gasteiger partial charge < -0.3 is 15.3 Å². The monoisotopic (exact) mass is 186 g/mol. The van der Waals surface area contributed by atoms with Crippen molar-refractivity contribution in [3.63, 3.8) is 0 Å². The molecule has 1 aliphatic rings. The summed E-state index contributed by atoms with van der Waals surface area (Å²) < 4.78 is 0. The molecular formula is C10H22N2O. The van der Waals surface area contributed by atoms with E-state index in [1.54, 1.807) is 0 Å². The first-order chi connectivity index (χ1) is 6.08. The van der Waals surface area contributed by atoms with Gasteiger partial charge in [0.05, 0.1) is 6.61 Å². The SMILES string of the molecule is CC(C)NC1(CO)CCN(C)CC1. The highest BCUT2D eigenvalue weighted by Gasteiger charge is 2.32. The van der Waals surface area contributed by atoms with Gasteiger partial charge in [0.25, 0.3) is 0 Å². The number of rotatable bonds is 3. The summed E-state index contributed by atoms with van der Waals surface area (Å²) in [5, 5.41) is 12.9. The lowest BCUT2D eigenvalue weighted by molar-refractivity contribution is 0.0827. The van der Waals surface area contributed by atoms with E-state index in [1.165, 1.54) is 0 Å². The average molecular weight is 186 g/mol. The minimum Gasteiger partial charge on any atom is -0.394 e. The molecule has 0 bridgehead atoms. The Morgan fingerprint density at radius 1 is 1.38 bits per heavy atom. The van der Waals surface area contributed by atoms with Gasteiger partial charge in [-0.1, -0.05) is 13.8 Å². The fourth-order valence-corrected chi connectivity index (χ4v) is 2.01. The average Bonchev–Trinajstić information content (AvgIpc) is 2.09. The molecule has 1 rings (SSSR count). The highest BCUT2D eigenvalue weighted by atomic mass is 16.3. The molecule has 0 atom stereocenters. The molecule has 1 aliphatic heterocycles. The molecule has 0 aliphatic carbocycles. The van der Waals surface area contributed by atoms with Gasteiger partial charge in [-0.3, -0.25) is 0 Å². The van der Waals surface area contributed by atoms with Crippen LogP contribution in [0, 0.1) is 0 Å². The van der Waals surface area contributed by atoms with Crippen LogP contribution in [0.5, 0.6) is 0 Å². The van der Waals surface area contributed by atoms with Crippen molar-refractivity contribution in [3.05, 3.63) is 0 Å². The molecule has 3 nitrogen and oxygen atoms in total. The first-order valence-corrected chi connectivity index (χ1v) is 5.15. The molecule has 0 amide bonds. The van der Waals surface area contributed by atoms with Crippen LogP contribution < -0.4 is 5.32 Å². The Morgan fingerprint density at radius 3 is 2.31 bits per heavy atom. The van der Waals surface area contributed by atoms with Crippen molar-refractivity contribution < 1.29 is 5.11 Å². The van der Waals surface area contributed by atoms with Crippen molar-refractivity contribution in [2.75, 3.05) is 26.7 Å². The predicted molar refractivity (Wildman–Crippen MR) is 54.8 cm³/mol. The van der Waals surface area contributed by atoms with Gasteiger partial charge in [0.15, 0.2) is 0 Å². The van der Waals surface area contributed by atoms with E-state index >= 15 is 0 Å². The molecule has 78 valence electrons. The Kier molecular flexibility index (Phi) is 3.71. The smallest absolute Gasteiger partial charge is 0.0614 e. The number of likely N-dealkylation sites (tertiary alicyclic amines) is 1. The number of piperidine rings is 1. The van der Waals surface area contributed by atoms with E-state index in [0.29, 0.717) is 6.04 Å². The predicted octanol–water partition coefficient (Wildman–Crippen LogP) is 0.441. The molecule has 1 fully saturated rings. The maximum absolute atomic E-state index is 9.40. The van der Waals surface area contributed by atoms with Crippen molar-refractivity contribution in [1.29, 1.82) is 0 Å². The Balaban J connectivity index is 2.50. The quantitative estimate of drug-likeness (QED) is 0.671. The first kappa shape index (κ1) is 11.0. The lowest BCUT2D eigenvalue weighted by Gasteiger charge is -2.41. The zero-order chi connectivity index (χ0) is 9.90. The van der Waals surface area contributed by atoms with Crippen molar-refractivity contribution >= 4 is 0 Å². The number of nitrogens with zero attached hydrogens (tertiary/aromatic N) is 1. The highest BCUT2D eigenvalue weighted by Crippen LogP contribution is 2.21. The molecule has 1 heterocycles. The molecule has 0 aromatic rings. The van der Waals surface area contributed by atoms with Crippen LogP contribution in [0.25, 0.3) is 0 Å². The zero-order valence-corrected chi connectivity index (χ0v) is 9.01. The van der Waals surface area contributed by atoms with Crippen LogP contribution in [-0.4, -0.2) is 48.3 Å². The molecule has 0 aromatic carbocycles. The lowest BCUT2D eigenvalue weighted by atomic mass is 9.88. The van der Waals surface area contributed by atoms with E-state index in [9.17, 15) is 5.11 Å². The van der Waals surface area contributed by atoms with E-state index in [0.717, 1.165) is 25.9 Å². The van der Waals surface area contributed by atoms with Gasteiger partial charge in [0.2, 0.25) is 0 Å². The second-order valence-electron chi connectivity index (χ2n) is 4.54. The number of hydrogen-bond acceptors (Lipinski definition) is 3. The second-order valence-corrected chi connectivity index (χ2v) is 4.54. The van der Waals surface area contributed by atoms with Crippen LogP contribution in [0.1, 0.15) is 26.7 Å². The Bertz CT molecular complexity index is 151. The van der Waals surface area contributed by atoms with Gasteiger partial charge in [-0.15, -0.1) is 0 Å². The first-order valence-electron chi connectivity index (χ1n) is 5.15. The number of aliphatic hydroxyl groups excluding tert-OH is 1. The van der Waals surface area contributed by atoms with Gasteiger partial charge in [-0.25, -0.2) is 0 Å². The summed E-state index contributed by atoms with van der Waals surface area (Å²) in [6.45, 7) is 6.70. The summed E-state index contributed by atoms with van der Waals surface area (Å²) >= 11 is 0. The van der Waals surface area contributed by atoms with Crippen LogP contribution in [-0.2, 0) is 0 Å². The minimum absolute atomic E-state index is 0.0132. The summed E-state index contributed by atoms with van der Waals surface area (Å²) in [5.74, 6) is 0. The maximum Gasteiger partial charge on any atom is 0.0614 e. The van der Waals surface area contributed by atoms with Crippen LogP contribution in [0.2, 0.25) is 0 Å². The summed E-state index contributed by atoms with van der Waals surface area (Å²) in [5.41, 5.74) is -0.0132. The molecule has 3 heteroatoms. The zero-order valence-electron chi connectivity index (χ0n) is 9.01. The van der Waals surface area contributed by atoms with E-state index in [-0.39, 0.29) is 12.1 Å². The highest BCUT2D eigenvalue weighted by molar-refractivity contribution is 4.93. The fraction of sp³-hybridized carbons (Fsp3) is 1.00. The van der Waals surface area contributed by atoms with Crippen molar-refractivity contribution in [2.45, 2.75) is 38.3 Å². The topological polar surface area (TPSA) is 35.5 Å². The summed E-state index contributed by atoms with van der Waals surface area (Å²) in [4.78, 5) is 2.32. The number of hydrogen-bond donors (Lipinski definition) is 2. The normalized spacial score (nSPS) is 23.8. The second kappa shape index (κ2) is 4.40. The minimum atomic E-state index is -0.0132. The Labute approximate surface area is 81.1 Å². The van der Waals surface area contributed by atoms with Crippen LogP contribution in [0.15, 0.2) is 0 Å². The van der Waals surface area contributed by atoms with Gasteiger partial charge >= 0.3 is 0 Å². The largest absolute Gasteiger partial charge is 0.394 e. The lowest BCUT2D eigenvalue weighted by Crippen LogP contribution is -2.57. The van der Waals surface area contributed by atoms with Gasteiger partial charge in [0, 0.05) is 11.6 Å². The molecule has 0 radical (unpaired) electrons. The number of aliphatic hydroxyl groups is 1. The Morgan fingerprint density at radius 2 is 1.92 bits per heavy atom. The Hall–Kier alpha value is -0.120. The summed E-state index contributed by atoms with van der Waals surface area (Å²) in [6.07, 6.45) is 2.11. The van der Waals surface area contributed by atoms with Gasteiger partial charge in [0.1, 0.15) is 0 Å². The molecule has 13 heavy (non-hydrogen) atoms. The molecule has 0 saturated carbocycles. The van der Waals surface area contributed by atoms with E-state index in [2.05, 4.69) is 31.1 Å². The molecule has 0 spiro atoms. The van der Waals surface area contributed by atoms with Gasteiger partial charge in [-0.2, -0.15) is 0 Å². The molecule has 1 saturated heterocycles. The third-order valence-electron chi connectivity index (χ3n) is 2.84. The third kappa shape index (κ3) is 2.93. The van der Waals surface area contributed by atoms with Crippen molar-refractivity contribution in [3.8, 4) is 0 Å². The summed E-state index contributed by atoms with van der Waals surface area (Å²) in [6, 6.07) is 0.454.